The van der Waals surface area contributed by atoms with Crippen LogP contribution in [0, 0.1) is 6.92 Å². The quantitative estimate of drug-likeness (QED) is 0.379. The summed E-state index contributed by atoms with van der Waals surface area (Å²) in [7, 11) is 0. The molecule has 2 heterocycles. The SMILES string of the molecule is Cc1ccc(C(C)NC(=NCCc2ccco2)NC2CCCC2)o1.I. The highest BCUT2D eigenvalue weighted by atomic mass is 127. The molecule has 0 amide bonds. The van der Waals surface area contributed by atoms with Gasteiger partial charge in [0.15, 0.2) is 5.96 Å². The Morgan fingerprint density at radius 1 is 1.28 bits per heavy atom. The molecular weight excluding hydrogens is 429 g/mol. The van der Waals surface area contributed by atoms with E-state index in [0.717, 1.165) is 29.7 Å². The Hall–Kier alpha value is -1.44. The van der Waals surface area contributed by atoms with Gasteiger partial charge in [-0.3, -0.25) is 4.99 Å². The minimum atomic E-state index is 0. The number of nitrogens with one attached hydrogen (secondary N) is 2. The number of furan rings is 2. The summed E-state index contributed by atoms with van der Waals surface area (Å²) in [6.45, 7) is 4.75. The fourth-order valence-corrected chi connectivity index (χ4v) is 3.09. The predicted molar refractivity (Wildman–Crippen MR) is 111 cm³/mol. The van der Waals surface area contributed by atoms with Crippen LogP contribution in [0.15, 0.2) is 44.4 Å². The average Bonchev–Trinajstić information content (AvgIpc) is 3.29. The molecule has 1 fully saturated rings. The first kappa shape index (κ1) is 19.9. The molecule has 6 heteroatoms. The summed E-state index contributed by atoms with van der Waals surface area (Å²) in [6, 6.07) is 8.51. The lowest BCUT2D eigenvalue weighted by Crippen LogP contribution is -2.43. The summed E-state index contributed by atoms with van der Waals surface area (Å²) in [4.78, 5) is 4.73. The van der Waals surface area contributed by atoms with Crippen molar-refractivity contribution in [2.24, 2.45) is 4.99 Å². The molecule has 0 radical (unpaired) electrons. The molecule has 1 aliphatic rings. The molecule has 0 aliphatic heterocycles. The molecule has 2 N–H and O–H groups in total. The third-order valence-corrected chi connectivity index (χ3v) is 4.45. The Balaban J connectivity index is 0.00000225. The Labute approximate surface area is 166 Å². The van der Waals surface area contributed by atoms with Gasteiger partial charge in [0.25, 0.3) is 0 Å². The van der Waals surface area contributed by atoms with Crippen LogP contribution < -0.4 is 10.6 Å². The molecule has 0 saturated heterocycles. The fourth-order valence-electron chi connectivity index (χ4n) is 3.09. The molecule has 0 spiro atoms. The first-order valence-corrected chi connectivity index (χ1v) is 8.87. The highest BCUT2D eigenvalue weighted by molar-refractivity contribution is 14.0. The monoisotopic (exact) mass is 457 g/mol. The zero-order valence-electron chi connectivity index (χ0n) is 15.0. The van der Waals surface area contributed by atoms with Crippen LogP contribution in [0.25, 0.3) is 0 Å². The highest BCUT2D eigenvalue weighted by Gasteiger charge is 2.18. The fraction of sp³-hybridized carbons (Fsp3) is 0.526. The molecule has 1 unspecified atom stereocenters. The maximum Gasteiger partial charge on any atom is 0.192 e. The lowest BCUT2D eigenvalue weighted by atomic mass is 10.2. The van der Waals surface area contributed by atoms with Gasteiger partial charge in [0, 0.05) is 19.0 Å². The number of aryl methyl sites for hydroxylation is 1. The van der Waals surface area contributed by atoms with E-state index in [1.807, 2.05) is 31.2 Å². The summed E-state index contributed by atoms with van der Waals surface area (Å²) >= 11 is 0. The second-order valence-corrected chi connectivity index (χ2v) is 6.50. The molecule has 25 heavy (non-hydrogen) atoms. The average molecular weight is 457 g/mol. The van der Waals surface area contributed by atoms with Crippen LogP contribution >= 0.6 is 24.0 Å². The molecule has 2 aromatic rings. The number of hydrogen-bond donors (Lipinski definition) is 2. The zero-order valence-corrected chi connectivity index (χ0v) is 17.3. The molecule has 0 bridgehead atoms. The van der Waals surface area contributed by atoms with Crippen LogP contribution in [0.1, 0.15) is 55.9 Å². The standard InChI is InChI=1S/C19H27N3O2.HI/c1-14-9-10-18(24-14)15(2)21-19(22-16-6-3-4-7-16)20-12-11-17-8-5-13-23-17;/h5,8-10,13,15-16H,3-4,6-7,11-12H2,1-2H3,(H2,20,21,22);1H. The lowest BCUT2D eigenvalue weighted by Gasteiger charge is -2.20. The minimum Gasteiger partial charge on any atom is -0.469 e. The maximum atomic E-state index is 5.72. The minimum absolute atomic E-state index is 0. The van der Waals surface area contributed by atoms with E-state index in [1.165, 1.54) is 25.7 Å². The molecule has 3 rings (SSSR count). The van der Waals surface area contributed by atoms with E-state index in [1.54, 1.807) is 6.26 Å². The number of guanidine groups is 1. The van der Waals surface area contributed by atoms with Crippen molar-refractivity contribution in [3.8, 4) is 0 Å². The van der Waals surface area contributed by atoms with Crippen LogP contribution in [0.4, 0.5) is 0 Å². The van der Waals surface area contributed by atoms with Gasteiger partial charge in [-0.05, 0) is 51.0 Å². The van der Waals surface area contributed by atoms with Gasteiger partial charge < -0.3 is 19.5 Å². The maximum absolute atomic E-state index is 5.72. The third kappa shape index (κ3) is 6.09. The molecule has 1 aliphatic carbocycles. The zero-order chi connectivity index (χ0) is 16.8. The van der Waals surface area contributed by atoms with Gasteiger partial charge in [-0.15, -0.1) is 24.0 Å². The smallest absolute Gasteiger partial charge is 0.192 e. The molecule has 1 saturated carbocycles. The van der Waals surface area contributed by atoms with Crippen LogP contribution in [-0.2, 0) is 6.42 Å². The van der Waals surface area contributed by atoms with Gasteiger partial charge >= 0.3 is 0 Å². The Morgan fingerprint density at radius 2 is 2.08 bits per heavy atom. The first-order valence-electron chi connectivity index (χ1n) is 8.87. The van der Waals surface area contributed by atoms with Crippen LogP contribution in [0.3, 0.4) is 0 Å². The molecule has 1 atom stereocenters. The van der Waals surface area contributed by atoms with Gasteiger partial charge in [0.2, 0.25) is 0 Å². The van der Waals surface area contributed by atoms with Crippen molar-refractivity contribution >= 4 is 29.9 Å². The topological polar surface area (TPSA) is 62.7 Å². The lowest BCUT2D eigenvalue weighted by molar-refractivity contribution is 0.439. The van der Waals surface area contributed by atoms with E-state index < -0.39 is 0 Å². The van der Waals surface area contributed by atoms with Crippen molar-refractivity contribution in [3.05, 3.63) is 47.8 Å². The Morgan fingerprint density at radius 3 is 2.72 bits per heavy atom. The van der Waals surface area contributed by atoms with Crippen LogP contribution in [-0.4, -0.2) is 18.5 Å². The molecular formula is C19H28IN3O2. The summed E-state index contributed by atoms with van der Waals surface area (Å²) in [5.41, 5.74) is 0. The molecule has 2 aromatic heterocycles. The summed E-state index contributed by atoms with van der Waals surface area (Å²) in [5.74, 6) is 3.68. The van der Waals surface area contributed by atoms with Gasteiger partial charge in [-0.1, -0.05) is 12.8 Å². The largest absolute Gasteiger partial charge is 0.469 e. The van der Waals surface area contributed by atoms with Crippen molar-refractivity contribution in [1.29, 1.82) is 0 Å². The van der Waals surface area contributed by atoms with Crippen molar-refractivity contribution in [2.45, 2.75) is 58.0 Å². The summed E-state index contributed by atoms with van der Waals surface area (Å²) in [5, 5.41) is 7.04. The van der Waals surface area contributed by atoms with Crippen molar-refractivity contribution in [2.75, 3.05) is 6.54 Å². The predicted octanol–water partition coefficient (Wildman–Crippen LogP) is 4.58. The third-order valence-electron chi connectivity index (χ3n) is 4.45. The second-order valence-electron chi connectivity index (χ2n) is 6.50. The van der Waals surface area contributed by atoms with Crippen molar-refractivity contribution in [3.63, 3.8) is 0 Å². The van der Waals surface area contributed by atoms with E-state index >= 15 is 0 Å². The second kappa shape index (κ2) is 9.89. The van der Waals surface area contributed by atoms with Gasteiger partial charge in [0.1, 0.15) is 17.3 Å². The Kier molecular flexibility index (Phi) is 7.87. The summed E-state index contributed by atoms with van der Waals surface area (Å²) < 4.78 is 11.1. The van der Waals surface area contributed by atoms with Gasteiger partial charge in [-0.25, -0.2) is 0 Å². The summed E-state index contributed by atoms with van der Waals surface area (Å²) in [6.07, 6.45) is 7.53. The van der Waals surface area contributed by atoms with Crippen LogP contribution in [0.2, 0.25) is 0 Å². The molecule has 0 aromatic carbocycles. The molecule has 5 nitrogen and oxygen atoms in total. The molecule has 138 valence electrons. The van der Waals surface area contributed by atoms with Gasteiger partial charge in [-0.2, -0.15) is 0 Å². The number of halogens is 1. The van der Waals surface area contributed by atoms with Crippen LogP contribution in [0.5, 0.6) is 0 Å². The van der Waals surface area contributed by atoms with Gasteiger partial charge in [0.05, 0.1) is 12.3 Å². The van der Waals surface area contributed by atoms with E-state index in [-0.39, 0.29) is 30.0 Å². The number of hydrogen-bond acceptors (Lipinski definition) is 3. The highest BCUT2D eigenvalue weighted by Crippen LogP contribution is 2.18. The first-order chi connectivity index (χ1) is 11.7. The van der Waals surface area contributed by atoms with E-state index in [2.05, 4.69) is 17.6 Å². The van der Waals surface area contributed by atoms with E-state index in [0.29, 0.717) is 12.6 Å². The number of nitrogens with zero attached hydrogens (tertiary/aromatic N) is 1. The number of aliphatic imine (C=N–C) groups is 1. The van der Waals surface area contributed by atoms with Crippen molar-refractivity contribution < 1.29 is 8.83 Å². The normalized spacial score (nSPS) is 16.5. The Bertz CT molecular complexity index is 645. The van der Waals surface area contributed by atoms with E-state index in [4.69, 9.17) is 13.8 Å². The van der Waals surface area contributed by atoms with Crippen molar-refractivity contribution in [1.82, 2.24) is 10.6 Å². The number of rotatable bonds is 6. The van der Waals surface area contributed by atoms with E-state index in [9.17, 15) is 0 Å².